The first-order valence-corrected chi connectivity index (χ1v) is 5.89. The van der Waals surface area contributed by atoms with Crippen molar-refractivity contribution in [2.75, 3.05) is 13.6 Å². The zero-order valence-electron chi connectivity index (χ0n) is 11.2. The molecule has 0 saturated heterocycles. The number of hydrogen-bond acceptors (Lipinski definition) is 3. The van der Waals surface area contributed by atoms with Gasteiger partial charge in [-0.1, -0.05) is 6.92 Å². The third-order valence-corrected chi connectivity index (χ3v) is 2.75. The molecule has 0 radical (unpaired) electrons. The minimum atomic E-state index is -1.03. The number of carboxylic acids is 1. The van der Waals surface area contributed by atoms with E-state index in [1.807, 2.05) is 13.8 Å². The summed E-state index contributed by atoms with van der Waals surface area (Å²) >= 11 is 0. The van der Waals surface area contributed by atoms with Crippen LogP contribution in [0.25, 0.3) is 0 Å². The molecule has 1 rings (SSSR count). The molecule has 18 heavy (non-hydrogen) atoms. The smallest absolute Gasteiger partial charge is 0.323 e. The van der Waals surface area contributed by atoms with Crippen LogP contribution in [0, 0.1) is 13.8 Å². The molecule has 6 heteroatoms. The normalized spacial score (nSPS) is 10.4. The maximum Gasteiger partial charge on any atom is 0.323 e. The quantitative estimate of drug-likeness (QED) is 0.851. The number of carbonyl (C=O) groups excluding carboxylic acids is 1. The maximum absolute atomic E-state index is 12.1. The Morgan fingerprint density at radius 2 is 2.00 bits per heavy atom. The summed E-state index contributed by atoms with van der Waals surface area (Å²) in [5.41, 5.74) is 1.94. The second kappa shape index (κ2) is 5.66. The Balaban J connectivity index is 3.02. The van der Waals surface area contributed by atoms with E-state index < -0.39 is 5.97 Å². The molecule has 0 unspecified atom stereocenters. The molecule has 0 aromatic carbocycles. The van der Waals surface area contributed by atoms with Crippen molar-refractivity contribution in [3.8, 4) is 0 Å². The molecule has 1 heterocycles. The zero-order valence-corrected chi connectivity index (χ0v) is 11.2. The summed E-state index contributed by atoms with van der Waals surface area (Å²) in [5, 5.41) is 13.0. The van der Waals surface area contributed by atoms with Crippen molar-refractivity contribution in [2.24, 2.45) is 0 Å². The minimum Gasteiger partial charge on any atom is -0.480 e. The second-order valence-corrected chi connectivity index (χ2v) is 4.32. The molecule has 1 N–H and O–H groups in total. The number of carbonyl (C=O) groups is 2. The van der Waals surface area contributed by atoms with Crippen LogP contribution in [0.5, 0.6) is 0 Å². The van der Waals surface area contributed by atoms with Gasteiger partial charge in [-0.05, 0) is 20.3 Å². The molecule has 0 aliphatic heterocycles. The van der Waals surface area contributed by atoms with Crippen molar-refractivity contribution in [1.82, 2.24) is 14.7 Å². The Morgan fingerprint density at radius 1 is 1.39 bits per heavy atom. The van der Waals surface area contributed by atoms with E-state index in [9.17, 15) is 9.59 Å². The summed E-state index contributed by atoms with van der Waals surface area (Å²) in [4.78, 5) is 23.9. The first-order valence-electron chi connectivity index (χ1n) is 5.89. The lowest BCUT2D eigenvalue weighted by Crippen LogP contribution is -2.32. The Morgan fingerprint density at radius 3 is 2.50 bits per heavy atom. The molecule has 0 bridgehead atoms. The number of aryl methyl sites for hydroxylation is 2. The van der Waals surface area contributed by atoms with Gasteiger partial charge in [0, 0.05) is 19.3 Å². The van der Waals surface area contributed by atoms with Crippen LogP contribution in [0.1, 0.15) is 35.1 Å². The van der Waals surface area contributed by atoms with Gasteiger partial charge >= 0.3 is 5.97 Å². The van der Waals surface area contributed by atoms with Crippen molar-refractivity contribution < 1.29 is 14.7 Å². The van der Waals surface area contributed by atoms with Crippen molar-refractivity contribution in [1.29, 1.82) is 0 Å². The van der Waals surface area contributed by atoms with Crippen LogP contribution in [0.3, 0.4) is 0 Å². The van der Waals surface area contributed by atoms with E-state index in [0.717, 1.165) is 18.7 Å². The largest absolute Gasteiger partial charge is 0.480 e. The van der Waals surface area contributed by atoms with Crippen molar-refractivity contribution in [3.63, 3.8) is 0 Å². The van der Waals surface area contributed by atoms with Crippen LogP contribution in [0.2, 0.25) is 0 Å². The second-order valence-electron chi connectivity index (χ2n) is 4.32. The molecular formula is C12H19N3O3. The summed E-state index contributed by atoms with van der Waals surface area (Å²) in [6.45, 7) is 6.08. The van der Waals surface area contributed by atoms with Gasteiger partial charge in [-0.3, -0.25) is 14.3 Å². The third-order valence-electron chi connectivity index (χ3n) is 2.75. The average Bonchev–Trinajstić information content (AvgIpc) is 2.53. The lowest BCUT2D eigenvalue weighted by molar-refractivity contribution is -0.137. The molecule has 0 aliphatic carbocycles. The van der Waals surface area contributed by atoms with E-state index in [-0.39, 0.29) is 12.5 Å². The predicted octanol–water partition coefficient (Wildman–Crippen LogP) is 1.07. The monoisotopic (exact) mass is 253 g/mol. The summed E-state index contributed by atoms with van der Waals surface area (Å²) in [6, 6.07) is 0. The standard InChI is InChI=1S/C12H19N3O3/c1-5-6-15-9(3)11(8(2)13-15)12(18)14(4)7-10(16)17/h5-7H2,1-4H3,(H,16,17). The number of carboxylic acid groups (broad SMARTS) is 1. The highest BCUT2D eigenvalue weighted by atomic mass is 16.4. The molecule has 100 valence electrons. The van der Waals surface area contributed by atoms with E-state index in [0.29, 0.717) is 11.3 Å². The number of amides is 1. The third kappa shape index (κ3) is 2.88. The van der Waals surface area contributed by atoms with Gasteiger partial charge in [-0.25, -0.2) is 0 Å². The summed E-state index contributed by atoms with van der Waals surface area (Å²) in [6.07, 6.45) is 0.931. The average molecular weight is 253 g/mol. The van der Waals surface area contributed by atoms with E-state index in [1.165, 1.54) is 11.9 Å². The Labute approximate surface area is 106 Å². The van der Waals surface area contributed by atoms with E-state index in [4.69, 9.17) is 5.11 Å². The number of hydrogen-bond donors (Lipinski definition) is 1. The highest BCUT2D eigenvalue weighted by Gasteiger charge is 2.22. The van der Waals surface area contributed by atoms with Gasteiger partial charge in [0.2, 0.25) is 0 Å². The molecule has 6 nitrogen and oxygen atoms in total. The molecule has 0 spiro atoms. The SMILES string of the molecule is CCCn1nc(C)c(C(=O)N(C)CC(=O)O)c1C. The fraction of sp³-hybridized carbons (Fsp3) is 0.583. The lowest BCUT2D eigenvalue weighted by atomic mass is 10.1. The van der Waals surface area contributed by atoms with Gasteiger partial charge in [-0.15, -0.1) is 0 Å². The lowest BCUT2D eigenvalue weighted by Gasteiger charge is -2.14. The first-order chi connectivity index (χ1) is 8.38. The van der Waals surface area contributed by atoms with Gasteiger partial charge in [0.25, 0.3) is 5.91 Å². The number of rotatable bonds is 5. The fourth-order valence-corrected chi connectivity index (χ4v) is 1.90. The molecule has 1 amide bonds. The highest BCUT2D eigenvalue weighted by Crippen LogP contribution is 2.15. The van der Waals surface area contributed by atoms with Crippen molar-refractivity contribution in [3.05, 3.63) is 17.0 Å². The number of aromatic nitrogens is 2. The van der Waals surface area contributed by atoms with Crippen molar-refractivity contribution in [2.45, 2.75) is 33.7 Å². The van der Waals surface area contributed by atoms with Crippen LogP contribution >= 0.6 is 0 Å². The van der Waals surface area contributed by atoms with Gasteiger partial charge in [0.15, 0.2) is 0 Å². The Kier molecular flexibility index (Phi) is 4.47. The minimum absolute atomic E-state index is 0.297. The number of nitrogens with zero attached hydrogens (tertiary/aromatic N) is 3. The van der Waals surface area contributed by atoms with Crippen LogP contribution in [0.4, 0.5) is 0 Å². The summed E-state index contributed by atoms with van der Waals surface area (Å²) < 4.78 is 1.79. The molecule has 1 aromatic rings. The number of aliphatic carboxylic acids is 1. The molecule has 0 saturated carbocycles. The predicted molar refractivity (Wildman–Crippen MR) is 66.6 cm³/mol. The highest BCUT2D eigenvalue weighted by molar-refractivity contribution is 5.97. The summed E-state index contributed by atoms with van der Waals surface area (Å²) in [5.74, 6) is -1.32. The number of likely N-dealkylation sites (N-methyl/N-ethyl adjacent to an activating group) is 1. The first kappa shape index (κ1) is 14.2. The van der Waals surface area contributed by atoms with E-state index >= 15 is 0 Å². The topological polar surface area (TPSA) is 75.4 Å². The fourth-order valence-electron chi connectivity index (χ4n) is 1.90. The maximum atomic E-state index is 12.1. The molecule has 0 fully saturated rings. The van der Waals surface area contributed by atoms with Gasteiger partial charge in [-0.2, -0.15) is 5.10 Å². The Bertz CT molecular complexity index is 465. The molecular weight excluding hydrogens is 234 g/mol. The van der Waals surface area contributed by atoms with Gasteiger partial charge < -0.3 is 10.0 Å². The van der Waals surface area contributed by atoms with Gasteiger partial charge in [0.05, 0.1) is 11.3 Å². The van der Waals surface area contributed by atoms with Crippen molar-refractivity contribution >= 4 is 11.9 Å². The zero-order chi connectivity index (χ0) is 13.9. The van der Waals surface area contributed by atoms with Crippen LogP contribution in [-0.2, 0) is 11.3 Å². The van der Waals surface area contributed by atoms with E-state index in [2.05, 4.69) is 5.10 Å². The van der Waals surface area contributed by atoms with Crippen LogP contribution in [-0.4, -0.2) is 45.3 Å². The molecule has 0 atom stereocenters. The van der Waals surface area contributed by atoms with Crippen LogP contribution < -0.4 is 0 Å². The van der Waals surface area contributed by atoms with Crippen LogP contribution in [0.15, 0.2) is 0 Å². The summed E-state index contributed by atoms with van der Waals surface area (Å²) in [7, 11) is 1.48. The van der Waals surface area contributed by atoms with Gasteiger partial charge in [0.1, 0.15) is 6.54 Å². The van der Waals surface area contributed by atoms with E-state index in [1.54, 1.807) is 11.6 Å². The molecule has 0 aliphatic rings. The Hall–Kier alpha value is -1.85. The molecule has 1 aromatic heterocycles.